The van der Waals surface area contributed by atoms with Crippen LogP contribution < -0.4 is 0 Å². The SMILES string of the molecule is CC(O[SiH2]OC(C)C1CCCCC1)C1CCCCC1. The van der Waals surface area contributed by atoms with Crippen LogP contribution in [0.1, 0.15) is 78.1 Å². The van der Waals surface area contributed by atoms with E-state index in [4.69, 9.17) is 8.85 Å². The van der Waals surface area contributed by atoms with Crippen LogP contribution in [0.3, 0.4) is 0 Å². The van der Waals surface area contributed by atoms with Gasteiger partial charge >= 0.3 is 10.0 Å². The first-order chi connectivity index (χ1) is 9.27. The molecule has 0 spiro atoms. The van der Waals surface area contributed by atoms with E-state index in [9.17, 15) is 0 Å². The Morgan fingerprint density at radius 3 is 1.42 bits per heavy atom. The van der Waals surface area contributed by atoms with E-state index in [2.05, 4.69) is 13.8 Å². The molecule has 2 atom stereocenters. The fourth-order valence-electron chi connectivity index (χ4n) is 3.73. The molecule has 0 bridgehead atoms. The normalized spacial score (nSPS) is 26.8. The highest BCUT2D eigenvalue weighted by Gasteiger charge is 2.23. The molecule has 19 heavy (non-hydrogen) atoms. The third kappa shape index (κ3) is 5.20. The van der Waals surface area contributed by atoms with Gasteiger partial charge in [0.15, 0.2) is 0 Å². The Kier molecular flexibility index (Phi) is 6.89. The second kappa shape index (κ2) is 8.43. The van der Waals surface area contributed by atoms with Gasteiger partial charge in [-0.25, -0.2) is 0 Å². The monoisotopic (exact) mass is 284 g/mol. The van der Waals surface area contributed by atoms with Gasteiger partial charge in [0.05, 0.1) is 0 Å². The van der Waals surface area contributed by atoms with E-state index in [-0.39, 0.29) is 0 Å². The van der Waals surface area contributed by atoms with Crippen molar-refractivity contribution in [2.45, 2.75) is 90.3 Å². The van der Waals surface area contributed by atoms with Crippen molar-refractivity contribution in [2.75, 3.05) is 0 Å². The number of hydrogen-bond donors (Lipinski definition) is 0. The molecule has 0 aliphatic heterocycles. The van der Waals surface area contributed by atoms with Gasteiger partial charge in [0.25, 0.3) is 0 Å². The lowest BCUT2D eigenvalue weighted by atomic mass is 9.86. The summed E-state index contributed by atoms with van der Waals surface area (Å²) in [4.78, 5) is 0. The standard InChI is InChI=1S/C16H32O2Si/c1-13(15-9-5-3-6-10-15)17-19-18-14(2)16-11-7-4-8-12-16/h13-16H,3-12,19H2,1-2H3. The maximum atomic E-state index is 6.06. The molecule has 2 aliphatic rings. The van der Waals surface area contributed by atoms with E-state index in [1.807, 2.05) is 0 Å². The Balaban J connectivity index is 1.59. The van der Waals surface area contributed by atoms with Crippen LogP contribution in [0.4, 0.5) is 0 Å². The van der Waals surface area contributed by atoms with E-state index < -0.39 is 10.0 Å². The van der Waals surface area contributed by atoms with Crippen LogP contribution in [0.5, 0.6) is 0 Å². The topological polar surface area (TPSA) is 18.5 Å². The van der Waals surface area contributed by atoms with Crippen LogP contribution >= 0.6 is 0 Å². The summed E-state index contributed by atoms with van der Waals surface area (Å²) in [6, 6.07) is 0. The molecule has 0 amide bonds. The summed E-state index contributed by atoms with van der Waals surface area (Å²) in [5, 5.41) is 0. The van der Waals surface area contributed by atoms with Gasteiger partial charge in [-0.05, 0) is 51.4 Å². The molecule has 2 fully saturated rings. The van der Waals surface area contributed by atoms with Crippen LogP contribution in [0.15, 0.2) is 0 Å². The molecule has 3 heteroatoms. The lowest BCUT2D eigenvalue weighted by Gasteiger charge is -2.30. The highest BCUT2D eigenvalue weighted by molar-refractivity contribution is 6.18. The quantitative estimate of drug-likeness (QED) is 0.687. The smallest absolute Gasteiger partial charge is 0.304 e. The molecule has 2 nitrogen and oxygen atoms in total. The van der Waals surface area contributed by atoms with Crippen molar-refractivity contribution < 1.29 is 8.85 Å². The lowest BCUT2D eigenvalue weighted by molar-refractivity contribution is 0.0602. The molecule has 0 heterocycles. The summed E-state index contributed by atoms with van der Waals surface area (Å²) in [7, 11) is -0.774. The molecule has 2 saturated carbocycles. The molecule has 0 aromatic carbocycles. The van der Waals surface area contributed by atoms with Crippen molar-refractivity contribution in [1.82, 2.24) is 0 Å². The highest BCUT2D eigenvalue weighted by Crippen LogP contribution is 2.29. The van der Waals surface area contributed by atoms with Gasteiger partial charge in [-0.15, -0.1) is 0 Å². The predicted molar refractivity (Wildman–Crippen MR) is 82.8 cm³/mol. The first-order valence-electron chi connectivity index (χ1n) is 8.50. The maximum Gasteiger partial charge on any atom is 0.304 e. The zero-order valence-corrected chi connectivity index (χ0v) is 14.3. The van der Waals surface area contributed by atoms with E-state index in [1.165, 1.54) is 64.2 Å². The van der Waals surface area contributed by atoms with E-state index in [0.717, 1.165) is 11.8 Å². The summed E-state index contributed by atoms with van der Waals surface area (Å²) in [5.74, 6) is 1.60. The fraction of sp³-hybridized carbons (Fsp3) is 1.00. The van der Waals surface area contributed by atoms with E-state index in [0.29, 0.717) is 12.2 Å². The van der Waals surface area contributed by atoms with Gasteiger partial charge in [0.2, 0.25) is 0 Å². The third-order valence-electron chi connectivity index (χ3n) is 5.29. The molecule has 0 N–H and O–H groups in total. The van der Waals surface area contributed by atoms with Crippen molar-refractivity contribution >= 4 is 10.0 Å². The summed E-state index contributed by atoms with van der Waals surface area (Å²) < 4.78 is 12.1. The van der Waals surface area contributed by atoms with Crippen molar-refractivity contribution in [3.05, 3.63) is 0 Å². The van der Waals surface area contributed by atoms with Crippen molar-refractivity contribution in [3.63, 3.8) is 0 Å². The van der Waals surface area contributed by atoms with Gasteiger partial charge in [0, 0.05) is 12.2 Å². The Hall–Kier alpha value is 0.137. The first kappa shape index (κ1) is 15.5. The predicted octanol–water partition coefficient (Wildman–Crippen LogP) is 3.96. The van der Waals surface area contributed by atoms with E-state index in [1.54, 1.807) is 0 Å². The largest absolute Gasteiger partial charge is 0.396 e. The molecule has 0 aromatic heterocycles. The van der Waals surface area contributed by atoms with Crippen LogP contribution in [0.2, 0.25) is 0 Å². The molecule has 2 rings (SSSR count). The average molecular weight is 285 g/mol. The van der Waals surface area contributed by atoms with Gasteiger partial charge in [-0.1, -0.05) is 38.5 Å². The van der Waals surface area contributed by atoms with Crippen LogP contribution in [-0.2, 0) is 8.85 Å². The molecule has 0 radical (unpaired) electrons. The molecular weight excluding hydrogens is 252 g/mol. The summed E-state index contributed by atoms with van der Waals surface area (Å²) >= 11 is 0. The minimum atomic E-state index is -0.774. The average Bonchev–Trinajstić information content (AvgIpc) is 2.49. The Bertz CT molecular complexity index is 211. The molecule has 0 saturated heterocycles. The van der Waals surface area contributed by atoms with Crippen LogP contribution in [0.25, 0.3) is 0 Å². The van der Waals surface area contributed by atoms with Crippen molar-refractivity contribution in [2.24, 2.45) is 11.8 Å². The summed E-state index contributed by atoms with van der Waals surface area (Å²) in [5.41, 5.74) is 0. The second-order valence-electron chi connectivity index (χ2n) is 6.66. The Morgan fingerprint density at radius 2 is 1.05 bits per heavy atom. The van der Waals surface area contributed by atoms with Crippen molar-refractivity contribution in [1.29, 1.82) is 0 Å². The van der Waals surface area contributed by atoms with Crippen molar-refractivity contribution in [3.8, 4) is 0 Å². The third-order valence-corrected chi connectivity index (χ3v) is 6.61. The fourth-order valence-corrected chi connectivity index (χ4v) is 4.79. The Morgan fingerprint density at radius 1 is 0.684 bits per heavy atom. The second-order valence-corrected chi connectivity index (χ2v) is 7.56. The Labute approximate surface area is 121 Å². The zero-order chi connectivity index (χ0) is 13.5. The number of hydrogen-bond acceptors (Lipinski definition) is 2. The maximum absolute atomic E-state index is 6.06. The summed E-state index contributed by atoms with van der Waals surface area (Å²) in [6.45, 7) is 4.52. The molecule has 112 valence electrons. The van der Waals surface area contributed by atoms with E-state index >= 15 is 0 Å². The van der Waals surface area contributed by atoms with Gasteiger partial charge in [0.1, 0.15) is 0 Å². The molecule has 0 aromatic rings. The van der Waals surface area contributed by atoms with Gasteiger partial charge in [-0.3, -0.25) is 0 Å². The number of rotatable bonds is 6. The van der Waals surface area contributed by atoms with Gasteiger partial charge in [-0.2, -0.15) is 0 Å². The highest BCUT2D eigenvalue weighted by atomic mass is 28.3. The zero-order valence-electron chi connectivity index (χ0n) is 12.9. The minimum Gasteiger partial charge on any atom is -0.396 e. The molecule has 2 unspecified atom stereocenters. The summed E-state index contributed by atoms with van der Waals surface area (Å²) in [6.07, 6.45) is 14.8. The van der Waals surface area contributed by atoms with Gasteiger partial charge < -0.3 is 8.85 Å². The van der Waals surface area contributed by atoms with Crippen LogP contribution in [-0.4, -0.2) is 22.2 Å². The first-order valence-corrected chi connectivity index (χ1v) is 9.66. The minimum absolute atomic E-state index is 0.436. The molecule has 2 aliphatic carbocycles. The molecular formula is C16H32O2Si. The van der Waals surface area contributed by atoms with Crippen LogP contribution in [0, 0.1) is 11.8 Å². The lowest BCUT2D eigenvalue weighted by Crippen LogP contribution is -2.29.